The molecule has 0 aliphatic carbocycles. The van der Waals surface area contributed by atoms with Crippen molar-refractivity contribution < 1.29 is 9.53 Å². The molecule has 0 spiro atoms. The quantitative estimate of drug-likeness (QED) is 0.862. The van der Waals surface area contributed by atoms with Crippen molar-refractivity contribution in [3.63, 3.8) is 0 Å². The Bertz CT molecular complexity index is 448. The van der Waals surface area contributed by atoms with Gasteiger partial charge in [-0.2, -0.15) is 0 Å². The van der Waals surface area contributed by atoms with E-state index in [2.05, 4.69) is 19.2 Å². The highest BCUT2D eigenvalue weighted by molar-refractivity contribution is 6.18. The molecule has 4 heteroatoms. The zero-order valence-electron chi connectivity index (χ0n) is 11.4. The van der Waals surface area contributed by atoms with Gasteiger partial charge in [-0.05, 0) is 18.4 Å². The largest absolute Gasteiger partial charge is 0.493 e. The monoisotopic (exact) mass is 281 g/mol. The van der Waals surface area contributed by atoms with E-state index in [4.69, 9.17) is 16.3 Å². The topological polar surface area (TPSA) is 38.3 Å². The lowest BCUT2D eigenvalue weighted by molar-refractivity contribution is -0.124. The molecule has 1 aromatic rings. The van der Waals surface area contributed by atoms with E-state index in [-0.39, 0.29) is 17.9 Å². The Balaban J connectivity index is 2.12. The van der Waals surface area contributed by atoms with E-state index in [0.717, 1.165) is 17.7 Å². The first kappa shape index (κ1) is 14.2. The molecule has 2 rings (SSSR count). The van der Waals surface area contributed by atoms with Crippen LogP contribution >= 0.6 is 11.6 Å². The third kappa shape index (κ3) is 3.21. The van der Waals surface area contributed by atoms with Crippen LogP contribution < -0.4 is 10.1 Å². The van der Waals surface area contributed by atoms with Crippen molar-refractivity contribution in [2.75, 3.05) is 12.5 Å². The molecule has 1 aromatic carbocycles. The first-order valence-electron chi connectivity index (χ1n) is 6.71. The van der Waals surface area contributed by atoms with E-state index in [0.29, 0.717) is 18.4 Å². The van der Waals surface area contributed by atoms with E-state index in [1.165, 1.54) is 0 Å². The fraction of sp³-hybridized carbons (Fsp3) is 0.533. The van der Waals surface area contributed by atoms with Gasteiger partial charge in [0.1, 0.15) is 5.75 Å². The molecule has 3 nitrogen and oxygen atoms in total. The minimum atomic E-state index is -0.130. The number of alkyl halides is 1. The molecule has 1 aliphatic rings. The zero-order valence-corrected chi connectivity index (χ0v) is 12.1. The Labute approximate surface area is 119 Å². The second kappa shape index (κ2) is 6.29. The summed E-state index contributed by atoms with van der Waals surface area (Å²) in [4.78, 5) is 12.4. The lowest BCUT2D eigenvalue weighted by Crippen LogP contribution is -2.43. The highest BCUT2D eigenvalue weighted by Crippen LogP contribution is 2.33. The van der Waals surface area contributed by atoms with Gasteiger partial charge in [-0.1, -0.05) is 32.0 Å². The molecule has 1 amide bonds. The van der Waals surface area contributed by atoms with Gasteiger partial charge in [0.25, 0.3) is 0 Å². The minimum Gasteiger partial charge on any atom is -0.493 e. The summed E-state index contributed by atoms with van der Waals surface area (Å²) in [6, 6.07) is 7.76. The Morgan fingerprint density at radius 2 is 2.21 bits per heavy atom. The lowest BCUT2D eigenvalue weighted by atomic mass is 9.91. The summed E-state index contributed by atoms with van der Waals surface area (Å²) >= 11 is 5.91. The van der Waals surface area contributed by atoms with Crippen molar-refractivity contribution in [1.29, 1.82) is 0 Å². The summed E-state index contributed by atoms with van der Waals surface area (Å²) < 4.78 is 5.58. The third-order valence-electron chi connectivity index (χ3n) is 3.57. The van der Waals surface area contributed by atoms with Crippen molar-refractivity contribution in [3.05, 3.63) is 29.8 Å². The van der Waals surface area contributed by atoms with E-state index < -0.39 is 0 Å². The average molecular weight is 282 g/mol. The molecule has 1 heterocycles. The maximum atomic E-state index is 12.4. The Kier molecular flexibility index (Phi) is 4.70. The molecule has 0 fully saturated rings. The number of hydrogen-bond donors (Lipinski definition) is 1. The Morgan fingerprint density at radius 1 is 1.47 bits per heavy atom. The number of carbonyl (C=O) groups excluding carboxylic acids is 1. The van der Waals surface area contributed by atoms with Crippen LogP contribution in [0.2, 0.25) is 0 Å². The molecule has 2 unspecified atom stereocenters. The number of rotatable bonds is 4. The van der Waals surface area contributed by atoms with Gasteiger partial charge >= 0.3 is 0 Å². The summed E-state index contributed by atoms with van der Waals surface area (Å²) in [6.45, 7) is 4.71. The summed E-state index contributed by atoms with van der Waals surface area (Å²) in [5, 5.41) is 3.05. The smallest absolute Gasteiger partial charge is 0.228 e. The molecule has 104 valence electrons. The van der Waals surface area contributed by atoms with Crippen LogP contribution in [-0.2, 0) is 4.79 Å². The molecule has 0 aromatic heterocycles. The van der Waals surface area contributed by atoms with Crippen LogP contribution in [0.4, 0.5) is 0 Å². The predicted molar refractivity (Wildman–Crippen MR) is 76.8 cm³/mol. The number of amides is 1. The molecular formula is C15H20ClNO2. The maximum Gasteiger partial charge on any atom is 0.228 e. The third-order valence-corrected chi connectivity index (χ3v) is 3.91. The van der Waals surface area contributed by atoms with E-state index in [1.54, 1.807) is 0 Å². The second-order valence-electron chi connectivity index (χ2n) is 5.24. The molecule has 0 saturated carbocycles. The molecule has 0 bridgehead atoms. The van der Waals surface area contributed by atoms with Gasteiger partial charge in [-0.15, -0.1) is 11.6 Å². The predicted octanol–water partition coefficient (Wildman–Crippen LogP) is 2.93. The van der Waals surface area contributed by atoms with Crippen LogP contribution in [-0.4, -0.2) is 24.4 Å². The Morgan fingerprint density at radius 3 is 2.89 bits per heavy atom. The minimum absolute atomic E-state index is 0.0178. The summed E-state index contributed by atoms with van der Waals surface area (Å²) in [5.41, 5.74) is 0.975. The molecule has 19 heavy (non-hydrogen) atoms. The zero-order chi connectivity index (χ0) is 13.8. The van der Waals surface area contributed by atoms with Crippen LogP contribution in [0, 0.1) is 5.92 Å². The van der Waals surface area contributed by atoms with Gasteiger partial charge in [-0.3, -0.25) is 4.79 Å². The van der Waals surface area contributed by atoms with Crippen molar-refractivity contribution >= 4 is 17.5 Å². The average Bonchev–Trinajstić information content (AvgIpc) is 2.43. The van der Waals surface area contributed by atoms with Crippen molar-refractivity contribution in [2.24, 2.45) is 5.92 Å². The van der Waals surface area contributed by atoms with Gasteiger partial charge in [0.05, 0.1) is 12.5 Å². The molecule has 1 N–H and O–H groups in total. The fourth-order valence-electron chi connectivity index (χ4n) is 2.28. The van der Waals surface area contributed by atoms with Gasteiger partial charge in [0.15, 0.2) is 0 Å². The highest BCUT2D eigenvalue weighted by atomic mass is 35.5. The number of para-hydroxylation sites is 1. The molecule has 0 saturated heterocycles. The van der Waals surface area contributed by atoms with Crippen LogP contribution in [0.15, 0.2) is 24.3 Å². The van der Waals surface area contributed by atoms with Gasteiger partial charge < -0.3 is 10.1 Å². The number of hydrogen-bond acceptors (Lipinski definition) is 2. The fourth-order valence-corrected chi connectivity index (χ4v) is 2.71. The summed E-state index contributed by atoms with van der Waals surface area (Å²) in [6.07, 6.45) is 0.718. The maximum absolute atomic E-state index is 12.4. The number of halogens is 1. The van der Waals surface area contributed by atoms with E-state index in [1.807, 2.05) is 24.3 Å². The Hall–Kier alpha value is -1.22. The lowest BCUT2D eigenvalue weighted by Gasteiger charge is -2.28. The number of nitrogens with one attached hydrogen (secondary N) is 1. The van der Waals surface area contributed by atoms with Gasteiger partial charge in [0.2, 0.25) is 5.91 Å². The summed E-state index contributed by atoms with van der Waals surface area (Å²) in [5.74, 6) is 1.51. The highest BCUT2D eigenvalue weighted by Gasteiger charge is 2.29. The number of fused-ring (bicyclic) bond motifs is 1. The molecular weight excluding hydrogens is 262 g/mol. The van der Waals surface area contributed by atoms with Crippen LogP contribution in [0.5, 0.6) is 5.75 Å². The molecule has 1 aliphatic heterocycles. The molecule has 2 atom stereocenters. The summed E-state index contributed by atoms with van der Waals surface area (Å²) in [7, 11) is 0. The van der Waals surface area contributed by atoms with E-state index >= 15 is 0 Å². The van der Waals surface area contributed by atoms with Gasteiger partial charge in [0, 0.05) is 17.5 Å². The van der Waals surface area contributed by atoms with Crippen LogP contribution in [0.1, 0.15) is 31.7 Å². The molecule has 0 radical (unpaired) electrons. The SMILES string of the molecule is CC(C)C(CCl)NC(=O)C1CCOc2ccccc21. The van der Waals surface area contributed by atoms with Crippen molar-refractivity contribution in [2.45, 2.75) is 32.2 Å². The van der Waals surface area contributed by atoms with E-state index in [9.17, 15) is 4.79 Å². The first-order chi connectivity index (χ1) is 9.13. The first-order valence-corrected chi connectivity index (χ1v) is 7.25. The standard InChI is InChI=1S/C15H20ClNO2/c1-10(2)13(9-16)17-15(18)12-7-8-19-14-6-4-3-5-11(12)14/h3-6,10,12-13H,7-9H2,1-2H3,(H,17,18). The normalized spacial score (nSPS) is 19.5. The van der Waals surface area contributed by atoms with Crippen LogP contribution in [0.3, 0.4) is 0 Å². The van der Waals surface area contributed by atoms with Gasteiger partial charge in [-0.25, -0.2) is 0 Å². The number of carbonyl (C=O) groups is 1. The number of ether oxygens (including phenoxy) is 1. The second-order valence-corrected chi connectivity index (χ2v) is 5.55. The van der Waals surface area contributed by atoms with Crippen molar-refractivity contribution in [1.82, 2.24) is 5.32 Å². The van der Waals surface area contributed by atoms with Crippen molar-refractivity contribution in [3.8, 4) is 5.75 Å². The number of benzene rings is 1. The van der Waals surface area contributed by atoms with Crippen LogP contribution in [0.25, 0.3) is 0 Å².